The molecule has 1 unspecified atom stereocenters. The summed E-state index contributed by atoms with van der Waals surface area (Å²) in [5, 5.41) is 2.26. The summed E-state index contributed by atoms with van der Waals surface area (Å²) >= 11 is 0. The van der Waals surface area contributed by atoms with E-state index in [1.807, 2.05) is 24.3 Å². The van der Waals surface area contributed by atoms with Crippen molar-refractivity contribution in [2.75, 3.05) is 54.8 Å². The standard InChI is InChI=1S/C29H32N6O4/c30-18-4-6-19(7-5-18)33-14-29(15-33)16-34(17-29)20-10-12-32(13-11-20)22-3-1-2-21-25(22)28(39)35(27(21)38)23-8-9-24(36)31-26(23)37/h1-7,20,23H,8-17,30H2,(H,31,36,37). The summed E-state index contributed by atoms with van der Waals surface area (Å²) in [6.45, 7) is 6.03. The lowest BCUT2D eigenvalue weighted by molar-refractivity contribution is -0.136. The van der Waals surface area contributed by atoms with E-state index in [0.717, 1.165) is 68.4 Å². The highest BCUT2D eigenvalue weighted by Crippen LogP contribution is 2.44. The number of piperidine rings is 2. The molecule has 3 N–H and O–H groups in total. The lowest BCUT2D eigenvalue weighted by Crippen LogP contribution is -2.74. The Labute approximate surface area is 226 Å². The van der Waals surface area contributed by atoms with Crippen LogP contribution < -0.4 is 20.9 Å². The van der Waals surface area contributed by atoms with Crippen LogP contribution in [0.25, 0.3) is 0 Å². The van der Waals surface area contributed by atoms with Crippen LogP contribution in [-0.2, 0) is 9.59 Å². The van der Waals surface area contributed by atoms with Gasteiger partial charge in [-0.2, -0.15) is 0 Å². The minimum Gasteiger partial charge on any atom is -0.399 e. The number of rotatable bonds is 4. The Hall–Kier alpha value is -3.92. The van der Waals surface area contributed by atoms with Crippen molar-refractivity contribution in [1.29, 1.82) is 0 Å². The van der Waals surface area contributed by atoms with E-state index in [0.29, 0.717) is 22.6 Å². The van der Waals surface area contributed by atoms with Gasteiger partial charge in [0, 0.05) is 68.5 Å². The van der Waals surface area contributed by atoms with Crippen molar-refractivity contribution in [1.82, 2.24) is 15.1 Å². The van der Waals surface area contributed by atoms with Crippen molar-refractivity contribution in [3.63, 3.8) is 0 Å². The fraction of sp³-hybridized carbons (Fsp3) is 0.448. The van der Waals surface area contributed by atoms with Crippen LogP contribution in [0.1, 0.15) is 46.4 Å². The monoisotopic (exact) mass is 528 g/mol. The molecular formula is C29H32N6O4. The first kappa shape index (κ1) is 24.1. The van der Waals surface area contributed by atoms with Crippen LogP contribution in [0.4, 0.5) is 17.1 Å². The fourth-order valence-electron chi connectivity index (χ4n) is 7.14. The molecule has 1 spiro atoms. The largest absolute Gasteiger partial charge is 0.399 e. The zero-order valence-corrected chi connectivity index (χ0v) is 21.8. The number of imide groups is 2. The first-order valence-electron chi connectivity index (χ1n) is 13.8. The van der Waals surface area contributed by atoms with Crippen LogP contribution in [0.2, 0.25) is 0 Å². The summed E-state index contributed by atoms with van der Waals surface area (Å²) in [6.07, 6.45) is 2.27. The number of anilines is 3. The summed E-state index contributed by atoms with van der Waals surface area (Å²) < 4.78 is 0. The van der Waals surface area contributed by atoms with Gasteiger partial charge in [0.25, 0.3) is 11.8 Å². The molecule has 5 aliphatic heterocycles. The molecular weight excluding hydrogens is 496 g/mol. The number of nitrogens with one attached hydrogen (secondary N) is 1. The molecule has 1 atom stereocenters. The van der Waals surface area contributed by atoms with Gasteiger partial charge in [0.2, 0.25) is 11.8 Å². The molecule has 0 bridgehead atoms. The molecule has 5 heterocycles. The first-order valence-corrected chi connectivity index (χ1v) is 13.8. The smallest absolute Gasteiger partial charge is 0.264 e. The van der Waals surface area contributed by atoms with E-state index in [4.69, 9.17) is 5.73 Å². The molecule has 10 nitrogen and oxygen atoms in total. The van der Waals surface area contributed by atoms with Crippen LogP contribution in [0.15, 0.2) is 42.5 Å². The maximum atomic E-state index is 13.5. The summed E-state index contributed by atoms with van der Waals surface area (Å²) in [5.41, 5.74) is 9.72. The second kappa shape index (κ2) is 8.81. The van der Waals surface area contributed by atoms with E-state index in [9.17, 15) is 19.2 Å². The van der Waals surface area contributed by atoms with Gasteiger partial charge < -0.3 is 15.5 Å². The van der Waals surface area contributed by atoms with Gasteiger partial charge in [0.1, 0.15) is 6.04 Å². The van der Waals surface area contributed by atoms with Gasteiger partial charge in [-0.25, -0.2) is 0 Å². The summed E-state index contributed by atoms with van der Waals surface area (Å²) in [6, 6.07) is 13.0. The zero-order valence-electron chi connectivity index (χ0n) is 21.8. The molecule has 10 heteroatoms. The number of hydrogen-bond donors (Lipinski definition) is 2. The number of carbonyl (C=O) groups excluding carboxylic acids is 4. The molecule has 0 saturated carbocycles. The lowest BCUT2D eigenvalue weighted by Gasteiger charge is -2.63. The second-order valence-corrected chi connectivity index (χ2v) is 11.7. The van der Waals surface area contributed by atoms with Gasteiger partial charge in [-0.05, 0) is 55.7 Å². The predicted molar refractivity (Wildman–Crippen MR) is 145 cm³/mol. The summed E-state index contributed by atoms with van der Waals surface area (Å²) in [5.74, 6) is -1.86. The molecule has 4 fully saturated rings. The Morgan fingerprint density at radius 3 is 2.23 bits per heavy atom. The third-order valence-electron chi connectivity index (χ3n) is 9.16. The second-order valence-electron chi connectivity index (χ2n) is 11.7. The van der Waals surface area contributed by atoms with E-state index < -0.39 is 23.8 Å². The van der Waals surface area contributed by atoms with Crippen LogP contribution in [0, 0.1) is 5.41 Å². The minimum atomic E-state index is -0.949. The van der Waals surface area contributed by atoms with Crippen molar-refractivity contribution in [3.05, 3.63) is 53.6 Å². The van der Waals surface area contributed by atoms with Gasteiger partial charge in [-0.15, -0.1) is 0 Å². The number of nitrogen functional groups attached to an aromatic ring is 1. The van der Waals surface area contributed by atoms with Crippen molar-refractivity contribution >= 4 is 40.7 Å². The molecule has 2 aromatic rings. The average molecular weight is 529 g/mol. The minimum absolute atomic E-state index is 0.112. The Morgan fingerprint density at radius 1 is 0.821 bits per heavy atom. The molecule has 0 aromatic heterocycles. The van der Waals surface area contributed by atoms with Gasteiger partial charge in [-0.1, -0.05) is 6.07 Å². The maximum Gasteiger partial charge on any atom is 0.264 e. The molecule has 39 heavy (non-hydrogen) atoms. The predicted octanol–water partition coefficient (Wildman–Crippen LogP) is 1.46. The SMILES string of the molecule is Nc1ccc(N2CC3(C2)CN(C2CCN(c4cccc5c4C(=O)N(C4CCC(=O)NC4=O)C5=O)CC2)C3)cc1. The highest BCUT2D eigenvalue weighted by atomic mass is 16.2. The van der Waals surface area contributed by atoms with Crippen LogP contribution >= 0.6 is 0 Å². The number of benzene rings is 2. The quantitative estimate of drug-likeness (QED) is 0.452. The fourth-order valence-corrected chi connectivity index (χ4v) is 7.14. The highest BCUT2D eigenvalue weighted by molar-refractivity contribution is 6.25. The van der Waals surface area contributed by atoms with E-state index in [1.54, 1.807) is 6.07 Å². The van der Waals surface area contributed by atoms with E-state index in [-0.39, 0.29) is 18.7 Å². The molecule has 2 aromatic carbocycles. The average Bonchev–Trinajstić information content (AvgIpc) is 3.14. The lowest BCUT2D eigenvalue weighted by atomic mass is 9.71. The van der Waals surface area contributed by atoms with E-state index in [2.05, 4.69) is 32.1 Å². The Morgan fingerprint density at radius 2 is 1.54 bits per heavy atom. The van der Waals surface area contributed by atoms with Gasteiger partial charge in [-0.3, -0.25) is 34.3 Å². The number of hydrogen-bond acceptors (Lipinski definition) is 8. The van der Waals surface area contributed by atoms with Crippen LogP contribution in [-0.4, -0.2) is 84.8 Å². The third-order valence-corrected chi connectivity index (χ3v) is 9.16. The van der Waals surface area contributed by atoms with Gasteiger partial charge >= 0.3 is 0 Å². The molecule has 4 amide bonds. The third kappa shape index (κ3) is 3.88. The Balaban J connectivity index is 0.976. The molecule has 7 rings (SSSR count). The van der Waals surface area contributed by atoms with Crippen molar-refractivity contribution in [2.45, 2.75) is 37.8 Å². The number of nitrogens with zero attached hydrogens (tertiary/aromatic N) is 4. The number of carbonyl (C=O) groups is 4. The number of likely N-dealkylation sites (tertiary alicyclic amines) is 1. The van der Waals surface area contributed by atoms with Gasteiger partial charge in [0.15, 0.2) is 0 Å². The first-order chi connectivity index (χ1) is 18.8. The van der Waals surface area contributed by atoms with Crippen molar-refractivity contribution in [2.24, 2.45) is 5.41 Å². The highest BCUT2D eigenvalue weighted by Gasteiger charge is 2.53. The molecule has 0 aliphatic carbocycles. The Kier molecular flexibility index (Phi) is 5.45. The molecule has 5 aliphatic rings. The molecule has 4 saturated heterocycles. The number of amides is 4. The number of fused-ring (bicyclic) bond motifs is 1. The number of nitrogens with two attached hydrogens (primary N) is 1. The van der Waals surface area contributed by atoms with Crippen LogP contribution in [0.3, 0.4) is 0 Å². The van der Waals surface area contributed by atoms with E-state index >= 15 is 0 Å². The summed E-state index contributed by atoms with van der Waals surface area (Å²) in [7, 11) is 0. The maximum absolute atomic E-state index is 13.5. The summed E-state index contributed by atoms with van der Waals surface area (Å²) in [4.78, 5) is 59.0. The molecule has 202 valence electrons. The van der Waals surface area contributed by atoms with Crippen molar-refractivity contribution in [3.8, 4) is 0 Å². The Bertz CT molecular complexity index is 1370. The van der Waals surface area contributed by atoms with Crippen LogP contribution in [0.5, 0.6) is 0 Å². The zero-order chi connectivity index (χ0) is 26.9. The van der Waals surface area contributed by atoms with E-state index in [1.165, 1.54) is 5.69 Å². The van der Waals surface area contributed by atoms with Gasteiger partial charge in [0.05, 0.1) is 16.8 Å². The normalized spacial score (nSPS) is 25.0. The topological polar surface area (TPSA) is 119 Å². The molecule has 0 radical (unpaired) electrons. The van der Waals surface area contributed by atoms with Crippen molar-refractivity contribution < 1.29 is 19.2 Å².